The van der Waals surface area contributed by atoms with E-state index in [0.717, 1.165) is 51.8 Å². The first-order valence-electron chi connectivity index (χ1n) is 19.9. The van der Waals surface area contributed by atoms with E-state index in [1.165, 1.54) is 0 Å². The number of carbonyl (C=O) groups excluding carboxylic acids is 2. The highest BCUT2D eigenvalue weighted by molar-refractivity contribution is 6.32. The lowest BCUT2D eigenvalue weighted by atomic mass is 9.77. The molecule has 11 heteroatoms. The number of ether oxygens (including phenoxy) is 2. The number of imidazole rings is 1. The molecule has 0 N–H and O–H groups in total. The van der Waals surface area contributed by atoms with E-state index in [-0.39, 0.29) is 10.8 Å². The van der Waals surface area contributed by atoms with Crippen molar-refractivity contribution in [1.82, 2.24) is 29.8 Å². The molecule has 1 unspecified atom stereocenters. The van der Waals surface area contributed by atoms with Crippen molar-refractivity contribution in [2.45, 2.75) is 44.6 Å². The highest BCUT2D eigenvalue weighted by Gasteiger charge is 2.42. The Kier molecular flexibility index (Phi) is 10.6. The smallest absolute Gasteiger partial charge is 0.361 e. The first kappa shape index (κ1) is 38.4. The zero-order chi connectivity index (χ0) is 41.1. The molecule has 6 aromatic carbocycles. The van der Waals surface area contributed by atoms with Crippen molar-refractivity contribution in [1.29, 1.82) is 0 Å². The van der Waals surface area contributed by atoms with Crippen molar-refractivity contribution in [2.75, 3.05) is 0 Å². The summed E-state index contributed by atoms with van der Waals surface area (Å²) in [6.45, 7) is 2.40. The summed E-state index contributed by atoms with van der Waals surface area (Å²) in [4.78, 5) is 30.9. The van der Waals surface area contributed by atoms with Crippen molar-refractivity contribution in [3.8, 4) is 22.5 Å². The summed E-state index contributed by atoms with van der Waals surface area (Å²) >= 11 is 6.68. The van der Waals surface area contributed by atoms with Crippen LogP contribution in [0.25, 0.3) is 22.5 Å². The number of cyclic esters (lactones) is 1. The number of tetrazole rings is 1. The number of nitrogens with zero attached hydrogens (tertiary/aromatic N) is 6. The molecule has 0 amide bonds. The van der Waals surface area contributed by atoms with Crippen molar-refractivity contribution in [3.63, 3.8) is 0 Å². The number of benzene rings is 6. The Balaban J connectivity index is 1.08. The molecule has 1 aliphatic rings. The summed E-state index contributed by atoms with van der Waals surface area (Å²) in [5, 5.41) is 13.8. The molecule has 0 spiro atoms. The molecule has 296 valence electrons. The van der Waals surface area contributed by atoms with E-state index >= 15 is 0 Å². The number of carbonyl (C=O) groups is 2. The maximum atomic E-state index is 13.8. The van der Waals surface area contributed by atoms with Crippen LogP contribution in [0.2, 0.25) is 5.15 Å². The van der Waals surface area contributed by atoms with Gasteiger partial charge in [0.2, 0.25) is 0 Å². The normalized spacial score (nSPS) is 13.5. The number of unbranched alkanes of at least 4 members (excludes halogenated alkanes) is 1. The van der Waals surface area contributed by atoms with Gasteiger partial charge in [-0.3, -0.25) is 0 Å². The second-order valence-electron chi connectivity index (χ2n) is 14.6. The van der Waals surface area contributed by atoms with Crippen LogP contribution in [-0.4, -0.2) is 41.7 Å². The Morgan fingerprint density at radius 2 is 1.30 bits per heavy atom. The molecular formula is C49H39ClN6O4. The number of aromatic nitrogens is 6. The van der Waals surface area contributed by atoms with Crippen LogP contribution in [0.1, 0.15) is 80.5 Å². The van der Waals surface area contributed by atoms with Gasteiger partial charge in [-0.2, -0.15) is 0 Å². The second kappa shape index (κ2) is 16.6. The first-order valence-corrected chi connectivity index (χ1v) is 20.2. The summed E-state index contributed by atoms with van der Waals surface area (Å²) < 4.78 is 14.9. The van der Waals surface area contributed by atoms with Crippen LogP contribution in [0.3, 0.4) is 0 Å². The first-order chi connectivity index (χ1) is 29.5. The third-order valence-electron chi connectivity index (χ3n) is 10.9. The van der Waals surface area contributed by atoms with Gasteiger partial charge in [0.05, 0.1) is 5.56 Å². The molecule has 3 heterocycles. The minimum Gasteiger partial charge on any atom is -0.417 e. The molecule has 2 aromatic heterocycles. The summed E-state index contributed by atoms with van der Waals surface area (Å²) in [6, 6.07) is 54.1. The predicted octanol–water partition coefficient (Wildman–Crippen LogP) is 10.1. The standard InChI is InChI=1S/C49H39ClN6O4/c1-2-3-27-42-51-44(50)43(47(58)60-48-41-26-16-15-25-40(41)46(57)59-48)55(42)32-33-28-30-34(31-29-33)38-23-13-14-24-39(38)45-52-53-54-56(45)49(35-17-7-4-8-18-35,36-19-9-5-10-20-36)37-21-11-6-12-22-37/h4-26,28-31,48H,2-3,27,32H2,1H3. The zero-order valence-corrected chi connectivity index (χ0v) is 33.4. The minimum atomic E-state index is -1.18. The Bertz CT molecular complexity index is 2690. The van der Waals surface area contributed by atoms with E-state index < -0.39 is 23.8 Å². The Labute approximate surface area is 352 Å². The molecule has 9 rings (SSSR count). The van der Waals surface area contributed by atoms with Gasteiger partial charge in [0.15, 0.2) is 16.7 Å². The quantitative estimate of drug-likeness (QED) is 0.0836. The lowest BCUT2D eigenvalue weighted by Gasteiger charge is -2.36. The van der Waals surface area contributed by atoms with Gasteiger partial charge >= 0.3 is 11.9 Å². The van der Waals surface area contributed by atoms with Crippen LogP contribution in [0.4, 0.5) is 0 Å². The van der Waals surface area contributed by atoms with E-state index in [2.05, 4.69) is 71.7 Å². The average molecular weight is 811 g/mol. The van der Waals surface area contributed by atoms with Gasteiger partial charge in [-0.15, -0.1) is 5.10 Å². The number of hydrogen-bond acceptors (Lipinski definition) is 8. The monoisotopic (exact) mass is 810 g/mol. The van der Waals surface area contributed by atoms with E-state index in [4.69, 9.17) is 31.4 Å². The van der Waals surface area contributed by atoms with Crippen LogP contribution < -0.4 is 0 Å². The number of hydrogen-bond donors (Lipinski definition) is 0. The maximum absolute atomic E-state index is 13.8. The van der Waals surface area contributed by atoms with Gasteiger partial charge in [0.25, 0.3) is 6.29 Å². The van der Waals surface area contributed by atoms with Crippen molar-refractivity contribution in [2.24, 2.45) is 0 Å². The average Bonchev–Trinajstić information content (AvgIpc) is 4.00. The van der Waals surface area contributed by atoms with Gasteiger partial charge in [0, 0.05) is 24.1 Å². The van der Waals surface area contributed by atoms with Gasteiger partial charge in [-0.1, -0.05) is 183 Å². The van der Waals surface area contributed by atoms with Crippen LogP contribution in [0.15, 0.2) is 164 Å². The molecule has 1 aliphatic heterocycles. The van der Waals surface area contributed by atoms with Gasteiger partial charge < -0.3 is 14.0 Å². The van der Waals surface area contributed by atoms with E-state index in [1.54, 1.807) is 28.8 Å². The lowest BCUT2D eigenvalue weighted by molar-refractivity contribution is -0.0729. The minimum absolute atomic E-state index is 0.0320. The number of esters is 2. The van der Waals surface area contributed by atoms with Crippen LogP contribution in [-0.2, 0) is 28.0 Å². The Morgan fingerprint density at radius 1 is 0.733 bits per heavy atom. The third kappa shape index (κ3) is 6.94. The second-order valence-corrected chi connectivity index (χ2v) is 14.9. The Morgan fingerprint density at radius 3 is 1.92 bits per heavy atom. The summed E-state index contributed by atoms with van der Waals surface area (Å²) in [6.07, 6.45) is 1.21. The highest BCUT2D eigenvalue weighted by atomic mass is 35.5. The number of aryl methyl sites for hydroxylation is 1. The molecule has 60 heavy (non-hydrogen) atoms. The molecule has 8 aromatic rings. The molecule has 0 radical (unpaired) electrons. The fourth-order valence-corrected chi connectivity index (χ4v) is 8.38. The van der Waals surface area contributed by atoms with E-state index in [0.29, 0.717) is 35.7 Å². The van der Waals surface area contributed by atoms with Crippen molar-refractivity contribution in [3.05, 3.63) is 214 Å². The molecule has 0 fully saturated rings. The van der Waals surface area contributed by atoms with Crippen LogP contribution >= 0.6 is 11.6 Å². The summed E-state index contributed by atoms with van der Waals surface area (Å²) in [5.41, 5.74) is 6.71. The van der Waals surface area contributed by atoms with Crippen LogP contribution in [0, 0.1) is 0 Å². The number of halogens is 1. The van der Waals surface area contributed by atoms with Gasteiger partial charge in [-0.25, -0.2) is 19.3 Å². The lowest BCUT2D eigenvalue weighted by Crippen LogP contribution is -2.39. The Hall–Kier alpha value is -7.17. The number of fused-ring (bicyclic) bond motifs is 1. The summed E-state index contributed by atoms with van der Waals surface area (Å²) in [7, 11) is 0. The topological polar surface area (TPSA) is 114 Å². The van der Waals surface area contributed by atoms with Gasteiger partial charge in [0.1, 0.15) is 11.4 Å². The molecule has 10 nitrogen and oxygen atoms in total. The molecule has 1 atom stereocenters. The van der Waals surface area contributed by atoms with Crippen molar-refractivity contribution < 1.29 is 19.1 Å². The molecular weight excluding hydrogens is 772 g/mol. The fourth-order valence-electron chi connectivity index (χ4n) is 8.10. The highest BCUT2D eigenvalue weighted by Crippen LogP contribution is 2.43. The van der Waals surface area contributed by atoms with Crippen molar-refractivity contribution >= 4 is 23.5 Å². The maximum Gasteiger partial charge on any atom is 0.361 e. The molecule has 0 saturated heterocycles. The molecule has 0 saturated carbocycles. The van der Waals surface area contributed by atoms with E-state index in [1.807, 2.05) is 89.6 Å². The zero-order valence-electron chi connectivity index (χ0n) is 32.7. The largest absolute Gasteiger partial charge is 0.417 e. The predicted molar refractivity (Wildman–Crippen MR) is 228 cm³/mol. The molecule has 0 aliphatic carbocycles. The van der Waals surface area contributed by atoms with Gasteiger partial charge in [-0.05, 0) is 56.3 Å². The number of rotatable bonds is 13. The third-order valence-corrected chi connectivity index (χ3v) is 11.2. The fraction of sp³-hybridized carbons (Fsp3) is 0.143. The SMILES string of the molecule is CCCCc1nc(Cl)c(C(=O)OC2OC(=O)c3ccccc32)n1Cc1ccc(-c2ccccc2-c2nnnn2C(c2ccccc2)(c2ccccc2)c2ccccc2)cc1. The molecule has 0 bridgehead atoms. The van der Waals surface area contributed by atoms with E-state index in [9.17, 15) is 9.59 Å². The summed E-state index contributed by atoms with van der Waals surface area (Å²) in [5.74, 6) is -0.0190. The van der Waals surface area contributed by atoms with Crippen LogP contribution in [0.5, 0.6) is 0 Å².